The van der Waals surface area contributed by atoms with Crippen LogP contribution in [0.15, 0.2) is 24.2 Å². The summed E-state index contributed by atoms with van der Waals surface area (Å²) in [5.74, 6) is -0.826. The standard InChI is InChI=1S/C6H9O5P/c1-2-4(7)11-5(8)3-6(9)12-10/h2-3,5,8-9H,1,12H2. The molecule has 0 spiro atoms. The Hall–Kier alpha value is -1.06. The summed E-state index contributed by atoms with van der Waals surface area (Å²) in [6.45, 7) is 3.09. The van der Waals surface area contributed by atoms with Gasteiger partial charge >= 0.3 is 5.97 Å². The molecule has 0 radical (unpaired) electrons. The van der Waals surface area contributed by atoms with Crippen LogP contribution in [-0.2, 0) is 14.1 Å². The number of carbonyl (C=O) groups excluding carboxylic acids is 1. The average molecular weight is 192 g/mol. The molecule has 12 heavy (non-hydrogen) atoms. The van der Waals surface area contributed by atoms with Crippen LogP contribution in [-0.4, -0.2) is 22.5 Å². The summed E-state index contributed by atoms with van der Waals surface area (Å²) in [5, 5.41) is 17.4. The zero-order chi connectivity index (χ0) is 9.56. The first-order valence-corrected chi connectivity index (χ1v) is 4.02. The van der Waals surface area contributed by atoms with Crippen molar-refractivity contribution in [3.63, 3.8) is 0 Å². The van der Waals surface area contributed by atoms with Gasteiger partial charge in [-0.3, -0.25) is 0 Å². The van der Waals surface area contributed by atoms with Crippen LogP contribution in [0.5, 0.6) is 0 Å². The van der Waals surface area contributed by atoms with E-state index in [1.165, 1.54) is 0 Å². The van der Waals surface area contributed by atoms with Gasteiger partial charge in [0.05, 0.1) is 0 Å². The van der Waals surface area contributed by atoms with Crippen molar-refractivity contribution in [3.8, 4) is 0 Å². The Labute approximate surface area is 70.2 Å². The first kappa shape index (κ1) is 10.9. The Morgan fingerprint density at radius 2 is 2.25 bits per heavy atom. The number of hydrogen-bond donors (Lipinski definition) is 2. The lowest BCUT2D eigenvalue weighted by molar-refractivity contribution is -0.154. The predicted octanol–water partition coefficient (Wildman–Crippen LogP) is 0.190. The van der Waals surface area contributed by atoms with Gasteiger partial charge in [-0.05, 0) is 0 Å². The molecule has 0 saturated heterocycles. The van der Waals surface area contributed by atoms with Crippen molar-refractivity contribution in [3.05, 3.63) is 24.2 Å². The molecule has 0 bridgehead atoms. The lowest BCUT2D eigenvalue weighted by atomic mass is 10.6. The van der Waals surface area contributed by atoms with Crippen molar-refractivity contribution in [1.29, 1.82) is 0 Å². The number of aliphatic hydroxyl groups excluding tert-OH is 2. The van der Waals surface area contributed by atoms with E-state index in [2.05, 4.69) is 11.3 Å². The summed E-state index contributed by atoms with van der Waals surface area (Å²) in [5.41, 5.74) is -0.501. The van der Waals surface area contributed by atoms with Crippen molar-refractivity contribution < 1.29 is 24.3 Å². The molecule has 0 saturated carbocycles. The summed E-state index contributed by atoms with van der Waals surface area (Å²) in [7, 11) is -1.52. The minimum Gasteiger partial charge on any atom is -0.505 e. The van der Waals surface area contributed by atoms with E-state index in [1.54, 1.807) is 0 Å². The van der Waals surface area contributed by atoms with Gasteiger partial charge in [0.2, 0.25) is 6.29 Å². The largest absolute Gasteiger partial charge is 0.505 e. The normalized spacial score (nSPS) is 14.6. The third kappa shape index (κ3) is 4.71. The van der Waals surface area contributed by atoms with Crippen LogP contribution in [0.2, 0.25) is 0 Å². The fourth-order valence-electron chi connectivity index (χ4n) is 0.387. The van der Waals surface area contributed by atoms with Crippen molar-refractivity contribution in [2.45, 2.75) is 6.29 Å². The minimum absolute atomic E-state index is 0.501. The van der Waals surface area contributed by atoms with Gasteiger partial charge in [0.25, 0.3) is 0 Å². The zero-order valence-electron chi connectivity index (χ0n) is 6.14. The number of rotatable bonds is 4. The monoisotopic (exact) mass is 192 g/mol. The molecule has 0 aliphatic heterocycles. The van der Waals surface area contributed by atoms with E-state index in [-0.39, 0.29) is 0 Å². The number of ether oxygens (including phenoxy) is 1. The summed E-state index contributed by atoms with van der Waals surface area (Å²) in [6, 6.07) is 0. The maximum atomic E-state index is 10.4. The quantitative estimate of drug-likeness (QED) is 0.218. The van der Waals surface area contributed by atoms with Crippen LogP contribution in [0, 0.1) is 0 Å². The highest BCUT2D eigenvalue weighted by Gasteiger charge is 2.05. The van der Waals surface area contributed by atoms with Crippen molar-refractivity contribution in [2.24, 2.45) is 0 Å². The summed E-state index contributed by atoms with van der Waals surface area (Å²) in [4.78, 5) is 10.4. The number of aliphatic hydroxyl groups is 2. The van der Waals surface area contributed by atoms with Gasteiger partial charge in [-0.1, -0.05) is 6.58 Å². The molecule has 0 aromatic rings. The second-order valence-corrected chi connectivity index (χ2v) is 2.57. The van der Waals surface area contributed by atoms with Gasteiger partial charge in [-0.2, -0.15) is 0 Å². The first-order valence-electron chi connectivity index (χ1n) is 2.97. The molecule has 6 heteroatoms. The van der Waals surface area contributed by atoms with Crippen LogP contribution in [0.1, 0.15) is 0 Å². The van der Waals surface area contributed by atoms with Crippen LogP contribution in [0.4, 0.5) is 0 Å². The smallest absolute Gasteiger partial charge is 0.332 e. The van der Waals surface area contributed by atoms with Gasteiger partial charge in [-0.25, -0.2) is 4.79 Å². The van der Waals surface area contributed by atoms with Crippen LogP contribution in [0.25, 0.3) is 0 Å². The van der Waals surface area contributed by atoms with Crippen molar-refractivity contribution in [2.75, 3.05) is 0 Å². The molecule has 68 valence electrons. The van der Waals surface area contributed by atoms with Gasteiger partial charge < -0.3 is 19.5 Å². The van der Waals surface area contributed by atoms with Gasteiger partial charge in [0.15, 0.2) is 0 Å². The highest BCUT2D eigenvalue weighted by atomic mass is 31.1. The molecule has 0 rings (SSSR count). The predicted molar refractivity (Wildman–Crippen MR) is 43.4 cm³/mol. The lowest BCUT2D eigenvalue weighted by Crippen LogP contribution is -2.13. The summed E-state index contributed by atoms with van der Waals surface area (Å²) in [6.07, 6.45) is 0.0407. The van der Waals surface area contributed by atoms with Gasteiger partial charge in [0.1, 0.15) is 14.0 Å². The number of hydrogen-bond acceptors (Lipinski definition) is 5. The fourth-order valence-corrected chi connectivity index (χ4v) is 0.630. The van der Waals surface area contributed by atoms with Crippen LogP contribution < -0.4 is 0 Å². The second kappa shape index (κ2) is 5.57. The average Bonchev–Trinajstić information content (AvgIpc) is 2.03. The van der Waals surface area contributed by atoms with E-state index in [9.17, 15) is 9.36 Å². The molecular weight excluding hydrogens is 183 g/mol. The SMILES string of the molecule is C=CC(=O)OC(O)C=C(O)[PH2]=O. The molecule has 2 atom stereocenters. The molecule has 2 N–H and O–H groups in total. The molecule has 2 unspecified atom stereocenters. The van der Waals surface area contributed by atoms with Crippen molar-refractivity contribution >= 4 is 14.4 Å². The Balaban J connectivity index is 4.04. The minimum atomic E-state index is -1.59. The lowest BCUT2D eigenvalue weighted by Gasteiger charge is -2.04. The van der Waals surface area contributed by atoms with Crippen molar-refractivity contribution in [1.82, 2.24) is 0 Å². The molecule has 0 aliphatic rings. The number of carbonyl (C=O) groups is 1. The van der Waals surface area contributed by atoms with Gasteiger partial charge in [0, 0.05) is 12.2 Å². The topological polar surface area (TPSA) is 83.8 Å². The third-order valence-corrected chi connectivity index (χ3v) is 1.27. The number of esters is 1. The summed E-state index contributed by atoms with van der Waals surface area (Å²) >= 11 is 0. The Morgan fingerprint density at radius 1 is 1.67 bits per heavy atom. The van der Waals surface area contributed by atoms with Crippen LogP contribution >= 0.6 is 8.46 Å². The Morgan fingerprint density at radius 3 is 2.67 bits per heavy atom. The highest BCUT2D eigenvalue weighted by Crippen LogP contribution is 2.07. The third-order valence-electron chi connectivity index (χ3n) is 0.838. The molecule has 0 aromatic carbocycles. The van der Waals surface area contributed by atoms with E-state index in [0.717, 1.165) is 12.2 Å². The van der Waals surface area contributed by atoms with E-state index in [1.807, 2.05) is 0 Å². The Kier molecular flexibility index (Phi) is 5.08. The molecule has 0 heterocycles. The zero-order valence-corrected chi connectivity index (χ0v) is 7.29. The van der Waals surface area contributed by atoms with E-state index in [4.69, 9.17) is 10.2 Å². The first-order chi connectivity index (χ1) is 5.60. The van der Waals surface area contributed by atoms with Crippen LogP contribution in [0.3, 0.4) is 0 Å². The molecule has 0 aromatic heterocycles. The molecule has 5 nitrogen and oxygen atoms in total. The Bertz CT molecular complexity index is 222. The highest BCUT2D eigenvalue weighted by molar-refractivity contribution is 7.28. The molecule has 0 amide bonds. The van der Waals surface area contributed by atoms with Gasteiger partial charge in [-0.15, -0.1) is 0 Å². The fraction of sp³-hybridized carbons (Fsp3) is 0.167. The molecule has 0 fully saturated rings. The second-order valence-electron chi connectivity index (χ2n) is 1.74. The molecule has 0 aliphatic carbocycles. The van der Waals surface area contributed by atoms with E-state index >= 15 is 0 Å². The maximum Gasteiger partial charge on any atom is 0.332 e. The molecular formula is C6H9O5P. The summed E-state index contributed by atoms with van der Waals surface area (Å²) < 4.78 is 14.2. The maximum absolute atomic E-state index is 10.4. The van der Waals surface area contributed by atoms with E-state index < -0.39 is 26.2 Å². The van der Waals surface area contributed by atoms with E-state index in [0.29, 0.717) is 0 Å².